The second kappa shape index (κ2) is 8.95. The highest BCUT2D eigenvalue weighted by molar-refractivity contribution is 14.1. The number of anilines is 1. The molecule has 124 valence electrons. The molecular formula is C12H8I3NO7. The molecule has 2 N–H and O–H groups in total. The zero-order valence-corrected chi connectivity index (χ0v) is 17.8. The third-order valence-corrected chi connectivity index (χ3v) is 4.96. The largest absolute Gasteiger partial charge is 0.481 e. The Morgan fingerprint density at radius 3 is 2.26 bits per heavy atom. The van der Waals surface area contributed by atoms with Gasteiger partial charge in [0.05, 0.1) is 14.8 Å². The van der Waals surface area contributed by atoms with Crippen molar-refractivity contribution in [1.29, 1.82) is 0 Å². The van der Waals surface area contributed by atoms with E-state index in [0.717, 1.165) is 0 Å². The molecule has 0 aromatic heterocycles. The molecule has 0 aliphatic rings. The number of carbonyl (C=O) groups excluding carboxylic acids is 3. The van der Waals surface area contributed by atoms with E-state index in [1.54, 1.807) is 6.07 Å². The Balaban J connectivity index is 3.02. The first-order chi connectivity index (χ1) is 10.6. The van der Waals surface area contributed by atoms with Crippen LogP contribution in [-0.2, 0) is 24.2 Å². The second-order valence-corrected chi connectivity index (χ2v) is 7.39. The van der Waals surface area contributed by atoms with Crippen LogP contribution in [0.5, 0.6) is 0 Å². The molecule has 0 spiro atoms. The van der Waals surface area contributed by atoms with Crippen LogP contribution in [-0.4, -0.2) is 28.9 Å². The van der Waals surface area contributed by atoms with E-state index < -0.39 is 24.3 Å². The van der Waals surface area contributed by atoms with Crippen molar-refractivity contribution in [2.75, 3.05) is 5.32 Å². The summed E-state index contributed by atoms with van der Waals surface area (Å²) in [4.78, 5) is 53.3. The standard InChI is InChI=1S/C12H8I3NO7/c1-4(17)16-11-6(14)2-5(13)9(10(11)15)12(21)23-22-8(20)3-7(18)19/h2H,3H2,1H3,(H,16,17)(H,18,19). The minimum absolute atomic E-state index is 0.0958. The minimum atomic E-state index is -1.41. The molecule has 1 aromatic carbocycles. The average molecular weight is 659 g/mol. The van der Waals surface area contributed by atoms with Crippen LogP contribution < -0.4 is 5.32 Å². The number of carboxylic acid groups (broad SMARTS) is 1. The molecule has 1 rings (SSSR count). The lowest BCUT2D eigenvalue weighted by atomic mass is 10.2. The van der Waals surface area contributed by atoms with Gasteiger partial charge in [0.25, 0.3) is 0 Å². The molecule has 0 radical (unpaired) electrons. The lowest BCUT2D eigenvalue weighted by Gasteiger charge is -2.13. The smallest absolute Gasteiger partial charge is 0.388 e. The summed E-state index contributed by atoms with van der Waals surface area (Å²) in [5, 5.41) is 11.0. The third kappa shape index (κ3) is 6.02. The van der Waals surface area contributed by atoms with E-state index in [4.69, 9.17) is 5.11 Å². The Hall–Kier alpha value is -0.710. The second-order valence-electron chi connectivity index (χ2n) is 3.98. The molecule has 0 unspecified atom stereocenters. The molecule has 0 saturated heterocycles. The first-order valence-electron chi connectivity index (χ1n) is 5.72. The molecule has 23 heavy (non-hydrogen) atoms. The quantitative estimate of drug-likeness (QED) is 0.221. The van der Waals surface area contributed by atoms with Crippen LogP contribution in [0, 0.1) is 10.7 Å². The summed E-state index contributed by atoms with van der Waals surface area (Å²) in [6, 6.07) is 1.64. The normalized spacial score (nSPS) is 9.91. The van der Waals surface area contributed by atoms with Crippen molar-refractivity contribution in [3.63, 3.8) is 0 Å². The summed E-state index contributed by atoms with van der Waals surface area (Å²) in [6.45, 7) is 1.33. The van der Waals surface area contributed by atoms with Crippen molar-refractivity contribution < 1.29 is 34.1 Å². The number of amides is 1. The monoisotopic (exact) mass is 659 g/mol. The van der Waals surface area contributed by atoms with E-state index in [1.807, 2.05) is 67.8 Å². The lowest BCUT2D eigenvalue weighted by molar-refractivity contribution is -0.234. The van der Waals surface area contributed by atoms with Crippen molar-refractivity contribution in [3.05, 3.63) is 22.3 Å². The first kappa shape index (κ1) is 20.3. The van der Waals surface area contributed by atoms with E-state index in [1.165, 1.54) is 6.92 Å². The molecule has 0 atom stereocenters. The topological polar surface area (TPSA) is 119 Å². The summed E-state index contributed by atoms with van der Waals surface area (Å²) in [5.74, 6) is -3.89. The van der Waals surface area contributed by atoms with Gasteiger partial charge in [0.1, 0.15) is 6.42 Å². The van der Waals surface area contributed by atoms with Gasteiger partial charge in [0, 0.05) is 14.1 Å². The maximum atomic E-state index is 12.1. The van der Waals surface area contributed by atoms with Crippen molar-refractivity contribution in [2.45, 2.75) is 13.3 Å². The van der Waals surface area contributed by atoms with Crippen LogP contribution in [0.3, 0.4) is 0 Å². The van der Waals surface area contributed by atoms with E-state index in [2.05, 4.69) is 15.1 Å². The molecule has 1 aromatic rings. The van der Waals surface area contributed by atoms with Gasteiger partial charge in [-0.25, -0.2) is 19.4 Å². The number of halogens is 3. The fourth-order valence-electron chi connectivity index (χ4n) is 1.35. The molecule has 8 nitrogen and oxygen atoms in total. The summed E-state index contributed by atoms with van der Waals surface area (Å²) in [7, 11) is 0. The molecule has 11 heteroatoms. The average Bonchev–Trinajstić information content (AvgIpc) is 2.40. The summed E-state index contributed by atoms with van der Waals surface area (Å²) < 4.78 is 1.64. The zero-order valence-electron chi connectivity index (χ0n) is 11.3. The van der Waals surface area contributed by atoms with E-state index in [-0.39, 0.29) is 11.5 Å². The fourth-order valence-corrected chi connectivity index (χ4v) is 5.43. The number of carbonyl (C=O) groups is 4. The number of aliphatic carboxylic acids is 1. The maximum Gasteiger partial charge on any atom is 0.388 e. The van der Waals surface area contributed by atoms with Crippen molar-refractivity contribution in [2.24, 2.45) is 0 Å². The SMILES string of the molecule is CC(=O)Nc1c(I)cc(I)c(C(=O)OOC(=O)CC(=O)O)c1I. The lowest BCUT2D eigenvalue weighted by Crippen LogP contribution is -2.18. The number of carboxylic acids is 1. The van der Waals surface area contributed by atoms with Crippen LogP contribution in [0.2, 0.25) is 0 Å². The van der Waals surface area contributed by atoms with Gasteiger partial charge in [0.15, 0.2) is 0 Å². The molecule has 0 fully saturated rings. The highest BCUT2D eigenvalue weighted by atomic mass is 127. The summed E-state index contributed by atoms with van der Waals surface area (Å²) in [5.41, 5.74) is 0.529. The van der Waals surface area contributed by atoms with Crippen LogP contribution in [0.15, 0.2) is 6.07 Å². The van der Waals surface area contributed by atoms with Gasteiger partial charge in [-0.2, -0.15) is 0 Å². The Kier molecular flexibility index (Phi) is 7.91. The van der Waals surface area contributed by atoms with Gasteiger partial charge in [0.2, 0.25) is 5.91 Å². The molecule has 0 aliphatic heterocycles. The number of nitrogens with one attached hydrogen (secondary N) is 1. The summed E-state index contributed by atoms with van der Waals surface area (Å²) in [6.07, 6.45) is -0.925. The highest BCUT2D eigenvalue weighted by Crippen LogP contribution is 2.32. The van der Waals surface area contributed by atoms with E-state index >= 15 is 0 Å². The van der Waals surface area contributed by atoms with Gasteiger partial charge < -0.3 is 10.4 Å². The van der Waals surface area contributed by atoms with Gasteiger partial charge >= 0.3 is 17.9 Å². The minimum Gasteiger partial charge on any atom is -0.481 e. The third-order valence-electron chi connectivity index (χ3n) is 2.18. The molecule has 0 saturated carbocycles. The number of hydrogen-bond donors (Lipinski definition) is 2. The molecule has 0 aliphatic carbocycles. The Labute approximate surface area is 171 Å². The van der Waals surface area contributed by atoms with Crippen molar-refractivity contribution in [3.8, 4) is 0 Å². The maximum absolute atomic E-state index is 12.1. The number of hydrogen-bond acceptors (Lipinski definition) is 6. The number of benzene rings is 1. The van der Waals surface area contributed by atoms with Crippen LogP contribution in [0.1, 0.15) is 23.7 Å². The predicted octanol–water partition coefficient (Wildman–Crippen LogP) is 2.55. The zero-order chi connectivity index (χ0) is 17.7. The van der Waals surface area contributed by atoms with Crippen molar-refractivity contribution >= 4 is 97.3 Å². The van der Waals surface area contributed by atoms with Gasteiger partial charge in [-0.05, 0) is 73.8 Å². The first-order valence-corrected chi connectivity index (χ1v) is 8.95. The molecular weight excluding hydrogens is 651 g/mol. The van der Waals surface area contributed by atoms with E-state index in [0.29, 0.717) is 16.4 Å². The van der Waals surface area contributed by atoms with Gasteiger partial charge in [-0.1, -0.05) is 0 Å². The predicted molar refractivity (Wildman–Crippen MR) is 103 cm³/mol. The Morgan fingerprint density at radius 1 is 1.13 bits per heavy atom. The Bertz CT molecular complexity index is 690. The fraction of sp³-hybridized carbons (Fsp3) is 0.167. The van der Waals surface area contributed by atoms with Crippen LogP contribution in [0.25, 0.3) is 0 Å². The molecule has 0 bridgehead atoms. The van der Waals surface area contributed by atoms with Crippen molar-refractivity contribution in [1.82, 2.24) is 0 Å². The van der Waals surface area contributed by atoms with E-state index in [9.17, 15) is 19.2 Å². The number of rotatable bonds is 4. The Morgan fingerprint density at radius 2 is 1.74 bits per heavy atom. The summed E-state index contributed by atoms with van der Waals surface area (Å²) >= 11 is 5.76. The van der Waals surface area contributed by atoms with Gasteiger partial charge in [-0.3, -0.25) is 9.59 Å². The van der Waals surface area contributed by atoms with Crippen LogP contribution in [0.4, 0.5) is 5.69 Å². The molecule has 0 heterocycles. The molecule has 1 amide bonds. The van der Waals surface area contributed by atoms with Crippen LogP contribution >= 0.6 is 67.8 Å². The van der Waals surface area contributed by atoms with Gasteiger partial charge in [-0.15, -0.1) is 0 Å². The highest BCUT2D eigenvalue weighted by Gasteiger charge is 2.24.